The molecule has 5 rings (SSSR count). The number of piperazine rings is 1. The van der Waals surface area contributed by atoms with Crippen LogP contribution in [0.2, 0.25) is 5.02 Å². The van der Waals surface area contributed by atoms with Gasteiger partial charge in [-0.3, -0.25) is 4.79 Å². The van der Waals surface area contributed by atoms with Crippen molar-refractivity contribution in [2.45, 2.75) is 31.0 Å². The molecule has 0 atom stereocenters. The van der Waals surface area contributed by atoms with E-state index in [1.165, 1.54) is 18.2 Å². The zero-order chi connectivity index (χ0) is 24.1. The predicted molar refractivity (Wildman–Crippen MR) is 111 cm³/mol. The first-order chi connectivity index (χ1) is 16.2. The minimum Gasteiger partial charge on any atom is -0.339 e. The molecule has 3 heterocycles. The molecular formula is C21H19ClF4N6O2. The van der Waals surface area contributed by atoms with E-state index in [4.69, 9.17) is 16.1 Å². The van der Waals surface area contributed by atoms with Crippen LogP contribution in [-0.4, -0.2) is 56.9 Å². The highest BCUT2D eigenvalue weighted by Gasteiger charge is 2.51. The average Bonchev–Trinajstić information content (AvgIpc) is 3.24. The van der Waals surface area contributed by atoms with Gasteiger partial charge in [-0.25, -0.2) is 9.07 Å². The van der Waals surface area contributed by atoms with E-state index in [1.54, 1.807) is 4.90 Å². The van der Waals surface area contributed by atoms with Gasteiger partial charge in [-0.15, -0.1) is 0 Å². The second-order valence-corrected chi connectivity index (χ2v) is 8.74. The van der Waals surface area contributed by atoms with Gasteiger partial charge in [0.2, 0.25) is 5.91 Å². The van der Waals surface area contributed by atoms with Crippen molar-refractivity contribution in [1.82, 2.24) is 30.1 Å². The maximum absolute atomic E-state index is 13.9. The van der Waals surface area contributed by atoms with E-state index < -0.39 is 29.6 Å². The molecule has 1 aromatic carbocycles. The first-order valence-electron chi connectivity index (χ1n) is 10.6. The zero-order valence-corrected chi connectivity index (χ0v) is 18.5. The molecule has 34 heavy (non-hydrogen) atoms. The van der Waals surface area contributed by atoms with Crippen molar-refractivity contribution in [3.05, 3.63) is 52.2 Å². The minimum absolute atomic E-state index is 0.129. The van der Waals surface area contributed by atoms with Gasteiger partial charge in [-0.2, -0.15) is 23.3 Å². The Morgan fingerprint density at radius 3 is 2.62 bits per heavy atom. The summed E-state index contributed by atoms with van der Waals surface area (Å²) in [5, 5.41) is 11.0. The number of halogens is 5. The van der Waals surface area contributed by atoms with Crippen LogP contribution in [0.5, 0.6) is 0 Å². The minimum atomic E-state index is -4.73. The number of benzene rings is 1. The Kier molecular flexibility index (Phi) is 5.59. The maximum atomic E-state index is 13.9. The summed E-state index contributed by atoms with van der Waals surface area (Å²) >= 11 is 6.27. The molecule has 0 bridgehead atoms. The fourth-order valence-electron chi connectivity index (χ4n) is 4.11. The van der Waals surface area contributed by atoms with Crippen LogP contribution in [-0.2, 0) is 22.9 Å². The quantitative estimate of drug-likeness (QED) is 0.543. The Bertz CT molecular complexity index is 1230. The number of amides is 1. The molecule has 2 aliphatic rings. The van der Waals surface area contributed by atoms with Gasteiger partial charge in [0.1, 0.15) is 18.1 Å². The first kappa shape index (κ1) is 22.8. The Balaban J connectivity index is 1.49. The van der Waals surface area contributed by atoms with Crippen LogP contribution in [0.25, 0.3) is 11.6 Å². The average molecular weight is 499 g/mol. The van der Waals surface area contributed by atoms with E-state index in [1.807, 2.05) is 0 Å². The lowest BCUT2D eigenvalue weighted by atomic mass is 9.95. The van der Waals surface area contributed by atoms with Gasteiger partial charge in [0, 0.05) is 37.3 Å². The number of nitrogens with one attached hydrogen (secondary N) is 1. The Labute approximate surface area is 195 Å². The summed E-state index contributed by atoms with van der Waals surface area (Å²) < 4.78 is 60.3. The number of hydrogen-bond donors (Lipinski definition) is 1. The molecule has 1 N–H and O–H groups in total. The SMILES string of the molecule is O=C(Cn1nc(C(F)(F)F)cc1-c1nc(C2(c3cc(F)ccc3Cl)CC2)no1)N1CCNCC1. The largest absolute Gasteiger partial charge is 0.435 e. The van der Waals surface area contributed by atoms with E-state index >= 15 is 0 Å². The second kappa shape index (κ2) is 8.35. The summed E-state index contributed by atoms with van der Waals surface area (Å²) in [4.78, 5) is 18.5. The van der Waals surface area contributed by atoms with Crippen molar-refractivity contribution < 1.29 is 26.9 Å². The molecule has 3 aromatic rings. The smallest absolute Gasteiger partial charge is 0.339 e. The van der Waals surface area contributed by atoms with Gasteiger partial charge >= 0.3 is 6.18 Å². The molecule has 2 aromatic heterocycles. The lowest BCUT2D eigenvalue weighted by Crippen LogP contribution is -2.47. The molecule has 0 radical (unpaired) electrons. The van der Waals surface area contributed by atoms with E-state index in [2.05, 4.69) is 20.6 Å². The van der Waals surface area contributed by atoms with E-state index in [0.29, 0.717) is 49.6 Å². The number of hydrogen-bond acceptors (Lipinski definition) is 6. The van der Waals surface area contributed by atoms with Crippen molar-refractivity contribution in [3.63, 3.8) is 0 Å². The van der Waals surface area contributed by atoms with Gasteiger partial charge in [0.05, 0.1) is 5.41 Å². The van der Waals surface area contributed by atoms with Gasteiger partial charge in [0.15, 0.2) is 11.5 Å². The summed E-state index contributed by atoms with van der Waals surface area (Å²) in [6.07, 6.45) is -3.58. The standard InChI is InChI=1S/C21H19ClF4N6O2/c22-14-2-1-12(23)9-13(14)20(3-4-20)19-28-18(34-30-19)15-10-16(21(24,25)26)29-32(15)11-17(33)31-7-5-27-6-8-31/h1-2,9-10,27H,3-8,11H2. The normalized spacial score (nSPS) is 17.7. The Morgan fingerprint density at radius 2 is 1.94 bits per heavy atom. The lowest BCUT2D eigenvalue weighted by molar-refractivity contribution is -0.142. The van der Waals surface area contributed by atoms with E-state index in [-0.39, 0.29) is 23.3 Å². The molecule has 1 aliphatic heterocycles. The number of nitrogens with zero attached hydrogens (tertiary/aromatic N) is 5. The fourth-order valence-corrected chi connectivity index (χ4v) is 4.41. The van der Waals surface area contributed by atoms with Gasteiger partial charge in [0.25, 0.3) is 5.89 Å². The molecule has 8 nitrogen and oxygen atoms in total. The van der Waals surface area contributed by atoms with Gasteiger partial charge in [-0.05, 0) is 36.6 Å². The molecule has 13 heteroatoms. The molecule has 1 amide bonds. The number of rotatable bonds is 5. The van der Waals surface area contributed by atoms with Crippen LogP contribution in [0, 0.1) is 5.82 Å². The highest BCUT2D eigenvalue weighted by Crippen LogP contribution is 2.54. The van der Waals surface area contributed by atoms with E-state index in [9.17, 15) is 22.4 Å². The first-order valence-corrected chi connectivity index (χ1v) is 11.0. The topological polar surface area (TPSA) is 89.1 Å². The molecule has 0 unspecified atom stereocenters. The molecule has 0 spiro atoms. The van der Waals surface area contributed by atoms with Gasteiger partial charge < -0.3 is 14.7 Å². The van der Waals surface area contributed by atoms with E-state index in [0.717, 1.165) is 10.7 Å². The fraction of sp³-hybridized carbons (Fsp3) is 0.429. The number of carbonyl (C=O) groups is 1. The van der Waals surface area contributed by atoms with Crippen molar-refractivity contribution in [2.75, 3.05) is 26.2 Å². The number of carbonyl (C=O) groups excluding carboxylic acids is 1. The summed E-state index contributed by atoms with van der Waals surface area (Å²) in [5.41, 5.74) is -1.60. The second-order valence-electron chi connectivity index (χ2n) is 8.33. The monoisotopic (exact) mass is 498 g/mol. The van der Waals surface area contributed by atoms with Crippen LogP contribution >= 0.6 is 11.6 Å². The summed E-state index contributed by atoms with van der Waals surface area (Å²) in [5.74, 6) is -0.882. The van der Waals surface area contributed by atoms with Crippen LogP contribution in [0.1, 0.15) is 29.9 Å². The third-order valence-electron chi connectivity index (χ3n) is 6.09. The molecule has 1 saturated heterocycles. The predicted octanol–water partition coefficient (Wildman–Crippen LogP) is 3.26. The zero-order valence-electron chi connectivity index (χ0n) is 17.7. The molecule has 2 fully saturated rings. The Hall–Kier alpha value is -2.99. The maximum Gasteiger partial charge on any atom is 0.435 e. The van der Waals surface area contributed by atoms with Crippen LogP contribution in [0.15, 0.2) is 28.8 Å². The number of aromatic nitrogens is 4. The summed E-state index contributed by atoms with van der Waals surface area (Å²) in [7, 11) is 0. The molecule has 1 saturated carbocycles. The Morgan fingerprint density at radius 1 is 1.21 bits per heavy atom. The van der Waals surface area contributed by atoms with Crippen molar-refractivity contribution in [2.24, 2.45) is 0 Å². The van der Waals surface area contributed by atoms with Crippen LogP contribution in [0.4, 0.5) is 17.6 Å². The van der Waals surface area contributed by atoms with Crippen molar-refractivity contribution in [3.8, 4) is 11.6 Å². The highest BCUT2D eigenvalue weighted by molar-refractivity contribution is 6.31. The molecule has 1 aliphatic carbocycles. The van der Waals surface area contributed by atoms with Gasteiger partial charge in [-0.1, -0.05) is 16.8 Å². The third-order valence-corrected chi connectivity index (χ3v) is 6.42. The summed E-state index contributed by atoms with van der Waals surface area (Å²) in [6, 6.07) is 4.73. The molecule has 180 valence electrons. The van der Waals surface area contributed by atoms with Crippen LogP contribution in [0.3, 0.4) is 0 Å². The number of alkyl halides is 3. The van der Waals surface area contributed by atoms with Crippen molar-refractivity contribution >= 4 is 17.5 Å². The van der Waals surface area contributed by atoms with Crippen molar-refractivity contribution in [1.29, 1.82) is 0 Å². The third kappa shape index (κ3) is 4.16. The summed E-state index contributed by atoms with van der Waals surface area (Å²) in [6.45, 7) is 1.68. The lowest BCUT2D eigenvalue weighted by Gasteiger charge is -2.27. The molecular weight excluding hydrogens is 480 g/mol. The highest BCUT2D eigenvalue weighted by atomic mass is 35.5. The van der Waals surface area contributed by atoms with Crippen LogP contribution < -0.4 is 5.32 Å².